The molecular formula is C18H22OSSi. The second-order valence-corrected chi connectivity index (χ2v) is 12.3. The third kappa shape index (κ3) is 4.23. The van der Waals surface area contributed by atoms with Gasteiger partial charge in [0, 0.05) is 5.56 Å². The van der Waals surface area contributed by atoms with E-state index in [0.717, 1.165) is 16.2 Å². The fourth-order valence-corrected chi connectivity index (χ4v) is 3.16. The molecule has 110 valence electrons. The third-order valence-corrected chi connectivity index (χ3v) is 9.01. The molecule has 0 aliphatic carbocycles. The lowest BCUT2D eigenvalue weighted by molar-refractivity contribution is 0.492. The zero-order chi connectivity index (χ0) is 15.5. The molecule has 0 radical (unpaired) electrons. The molecule has 2 aromatic rings. The Labute approximate surface area is 133 Å². The minimum Gasteiger partial charge on any atom is -0.543 e. The summed E-state index contributed by atoms with van der Waals surface area (Å²) < 4.78 is 6.32. The van der Waals surface area contributed by atoms with Gasteiger partial charge in [-0.15, -0.1) is 11.3 Å². The first-order valence-corrected chi connectivity index (χ1v) is 10.9. The minimum absolute atomic E-state index is 0.200. The molecule has 0 spiro atoms. The van der Waals surface area contributed by atoms with E-state index in [1.807, 2.05) is 41.8 Å². The van der Waals surface area contributed by atoms with Crippen LogP contribution in [0.1, 0.15) is 31.2 Å². The lowest BCUT2D eigenvalue weighted by Gasteiger charge is -2.36. The minimum atomic E-state index is -1.79. The number of thiophene rings is 1. The van der Waals surface area contributed by atoms with Gasteiger partial charge in [0.15, 0.2) is 0 Å². The molecule has 2 rings (SSSR count). The molecule has 3 heteroatoms. The number of hydrogen-bond donors (Lipinski definition) is 0. The van der Waals surface area contributed by atoms with Crippen LogP contribution in [0.2, 0.25) is 18.1 Å². The molecule has 0 unspecified atom stereocenters. The molecule has 0 aliphatic rings. The van der Waals surface area contributed by atoms with Crippen molar-refractivity contribution in [3.63, 3.8) is 0 Å². The second-order valence-electron chi connectivity index (χ2n) is 6.62. The summed E-state index contributed by atoms with van der Waals surface area (Å²) in [4.78, 5) is 1.09. The van der Waals surface area contributed by atoms with Gasteiger partial charge in [-0.3, -0.25) is 0 Å². The van der Waals surface area contributed by atoms with Crippen molar-refractivity contribution >= 4 is 19.7 Å². The predicted molar refractivity (Wildman–Crippen MR) is 94.6 cm³/mol. The Morgan fingerprint density at radius 2 is 1.81 bits per heavy atom. The van der Waals surface area contributed by atoms with Crippen LogP contribution in [0.25, 0.3) is 0 Å². The fourth-order valence-electron chi connectivity index (χ4n) is 1.57. The largest absolute Gasteiger partial charge is 0.543 e. The summed E-state index contributed by atoms with van der Waals surface area (Å²) >= 11 is 1.66. The van der Waals surface area contributed by atoms with Crippen LogP contribution in [0.15, 0.2) is 41.8 Å². The number of hydrogen-bond acceptors (Lipinski definition) is 2. The number of rotatable bonds is 2. The van der Waals surface area contributed by atoms with Crippen molar-refractivity contribution in [3.05, 3.63) is 52.2 Å². The summed E-state index contributed by atoms with van der Waals surface area (Å²) in [5.41, 5.74) is 1.000. The summed E-state index contributed by atoms with van der Waals surface area (Å²) in [7, 11) is -1.79. The van der Waals surface area contributed by atoms with Crippen molar-refractivity contribution in [1.29, 1.82) is 0 Å². The molecule has 21 heavy (non-hydrogen) atoms. The van der Waals surface area contributed by atoms with Gasteiger partial charge in [-0.25, -0.2) is 0 Å². The van der Waals surface area contributed by atoms with Crippen molar-refractivity contribution in [3.8, 4) is 17.6 Å². The van der Waals surface area contributed by atoms with Crippen molar-refractivity contribution in [2.75, 3.05) is 0 Å². The fraction of sp³-hybridized carbons (Fsp3) is 0.333. The summed E-state index contributed by atoms with van der Waals surface area (Å²) in [6, 6.07) is 12.2. The first-order chi connectivity index (χ1) is 9.78. The normalized spacial score (nSPS) is 11.7. The van der Waals surface area contributed by atoms with Crippen LogP contribution in [0, 0.1) is 11.8 Å². The van der Waals surface area contributed by atoms with E-state index in [4.69, 9.17) is 4.43 Å². The monoisotopic (exact) mass is 314 g/mol. The van der Waals surface area contributed by atoms with Crippen molar-refractivity contribution < 1.29 is 4.43 Å². The van der Waals surface area contributed by atoms with Gasteiger partial charge in [-0.1, -0.05) is 44.7 Å². The first kappa shape index (κ1) is 15.9. The van der Waals surface area contributed by atoms with E-state index in [2.05, 4.69) is 45.7 Å². The summed E-state index contributed by atoms with van der Waals surface area (Å²) in [6.07, 6.45) is 0. The Kier molecular flexibility index (Phi) is 4.60. The van der Waals surface area contributed by atoms with Crippen molar-refractivity contribution in [1.82, 2.24) is 0 Å². The molecular weight excluding hydrogens is 292 g/mol. The third-order valence-electron chi connectivity index (χ3n) is 3.86. The van der Waals surface area contributed by atoms with E-state index < -0.39 is 8.32 Å². The predicted octanol–water partition coefficient (Wildman–Crippen LogP) is 5.53. The van der Waals surface area contributed by atoms with E-state index in [-0.39, 0.29) is 5.04 Å². The Hall–Kier alpha value is -1.50. The maximum absolute atomic E-state index is 6.32. The van der Waals surface area contributed by atoms with E-state index in [9.17, 15) is 0 Å². The Morgan fingerprint density at radius 1 is 1.05 bits per heavy atom. The van der Waals surface area contributed by atoms with Crippen LogP contribution in [0.4, 0.5) is 0 Å². The highest BCUT2D eigenvalue weighted by Gasteiger charge is 2.38. The van der Waals surface area contributed by atoms with Gasteiger partial charge in [-0.05, 0) is 47.8 Å². The van der Waals surface area contributed by atoms with E-state index in [1.54, 1.807) is 11.3 Å². The lowest BCUT2D eigenvalue weighted by atomic mass is 10.2. The smallest absolute Gasteiger partial charge is 0.250 e. The molecule has 0 saturated heterocycles. The SMILES string of the molecule is CC(C)(C)[Si](C)(C)Oc1cccc(C#Cc2cccs2)c1. The molecule has 1 aromatic carbocycles. The molecule has 0 bridgehead atoms. The molecule has 1 nitrogen and oxygen atoms in total. The zero-order valence-electron chi connectivity index (χ0n) is 13.4. The standard InChI is InChI=1S/C18H22OSSi/c1-18(2,3)21(4,5)19-16-9-6-8-15(14-16)11-12-17-10-7-13-20-17/h6-10,13-14H,1-5H3. The van der Waals surface area contributed by atoms with Gasteiger partial charge in [0.05, 0.1) is 4.88 Å². The van der Waals surface area contributed by atoms with Gasteiger partial charge in [0.2, 0.25) is 8.32 Å². The molecule has 0 aliphatic heterocycles. The highest BCUT2D eigenvalue weighted by molar-refractivity contribution is 7.10. The molecule has 0 saturated carbocycles. The van der Waals surface area contributed by atoms with E-state index in [0.29, 0.717) is 0 Å². The average molecular weight is 315 g/mol. The van der Waals surface area contributed by atoms with Crippen LogP contribution in [0.3, 0.4) is 0 Å². The van der Waals surface area contributed by atoms with Gasteiger partial charge in [-0.2, -0.15) is 0 Å². The molecule has 0 N–H and O–H groups in total. The number of benzene rings is 1. The van der Waals surface area contributed by atoms with Gasteiger partial charge in [0.1, 0.15) is 5.75 Å². The highest BCUT2D eigenvalue weighted by Crippen LogP contribution is 2.37. The van der Waals surface area contributed by atoms with Gasteiger partial charge in [0.25, 0.3) is 0 Å². The van der Waals surface area contributed by atoms with Crippen LogP contribution < -0.4 is 4.43 Å². The molecule has 0 atom stereocenters. The molecule has 0 amide bonds. The molecule has 1 heterocycles. The molecule has 1 aromatic heterocycles. The summed E-state index contributed by atoms with van der Waals surface area (Å²) in [5.74, 6) is 7.32. The maximum atomic E-state index is 6.32. The Bertz CT molecular complexity index is 655. The van der Waals surface area contributed by atoms with Crippen molar-refractivity contribution in [2.45, 2.75) is 38.9 Å². The Balaban J connectivity index is 2.19. The van der Waals surface area contributed by atoms with E-state index >= 15 is 0 Å². The van der Waals surface area contributed by atoms with Crippen LogP contribution in [-0.2, 0) is 0 Å². The van der Waals surface area contributed by atoms with Crippen molar-refractivity contribution in [2.24, 2.45) is 0 Å². The average Bonchev–Trinajstić information content (AvgIpc) is 2.88. The molecule has 0 fully saturated rings. The topological polar surface area (TPSA) is 9.23 Å². The van der Waals surface area contributed by atoms with Gasteiger partial charge >= 0.3 is 0 Å². The van der Waals surface area contributed by atoms with Gasteiger partial charge < -0.3 is 4.43 Å². The lowest BCUT2D eigenvalue weighted by Crippen LogP contribution is -2.43. The highest BCUT2D eigenvalue weighted by atomic mass is 32.1. The summed E-state index contributed by atoms with van der Waals surface area (Å²) in [5, 5.41) is 2.24. The first-order valence-electron chi connectivity index (χ1n) is 7.12. The van der Waals surface area contributed by atoms with Crippen LogP contribution >= 0.6 is 11.3 Å². The van der Waals surface area contributed by atoms with Crippen LogP contribution in [-0.4, -0.2) is 8.32 Å². The van der Waals surface area contributed by atoms with Crippen LogP contribution in [0.5, 0.6) is 5.75 Å². The maximum Gasteiger partial charge on any atom is 0.250 e. The second kappa shape index (κ2) is 6.09. The quantitative estimate of drug-likeness (QED) is 0.523. The zero-order valence-corrected chi connectivity index (χ0v) is 15.2. The summed E-state index contributed by atoms with van der Waals surface area (Å²) in [6.45, 7) is 11.3. The van der Waals surface area contributed by atoms with E-state index in [1.165, 1.54) is 0 Å². The Morgan fingerprint density at radius 3 is 2.43 bits per heavy atom.